The molecule has 0 saturated heterocycles. The Morgan fingerprint density at radius 2 is 1.81 bits per heavy atom. The summed E-state index contributed by atoms with van der Waals surface area (Å²) in [6.07, 6.45) is 0.599. The number of hydrogen-bond acceptors (Lipinski definition) is 5. The highest BCUT2D eigenvalue weighted by atomic mass is 16.5. The van der Waals surface area contributed by atoms with E-state index in [1.54, 1.807) is 0 Å². The van der Waals surface area contributed by atoms with E-state index in [4.69, 9.17) is 4.52 Å². The van der Waals surface area contributed by atoms with Gasteiger partial charge in [-0.3, -0.25) is 9.69 Å². The quantitative estimate of drug-likeness (QED) is 0.698. The van der Waals surface area contributed by atoms with E-state index in [9.17, 15) is 4.79 Å². The van der Waals surface area contributed by atoms with Crippen molar-refractivity contribution in [2.75, 3.05) is 14.1 Å². The predicted octanol–water partition coefficient (Wildman–Crippen LogP) is 2.89. The Labute approximate surface area is 159 Å². The monoisotopic (exact) mass is 364 g/mol. The number of nitrogens with zero attached hydrogens (tertiary/aromatic N) is 3. The van der Waals surface area contributed by atoms with Gasteiger partial charge in [-0.05, 0) is 37.7 Å². The van der Waals surface area contributed by atoms with Gasteiger partial charge in [-0.1, -0.05) is 59.8 Å². The van der Waals surface area contributed by atoms with Gasteiger partial charge < -0.3 is 9.84 Å². The summed E-state index contributed by atoms with van der Waals surface area (Å²) in [4.78, 5) is 19.0. The van der Waals surface area contributed by atoms with E-state index < -0.39 is 0 Å². The molecule has 0 bridgehead atoms. The summed E-state index contributed by atoms with van der Waals surface area (Å²) in [6.45, 7) is 2.21. The van der Waals surface area contributed by atoms with Crippen molar-refractivity contribution in [3.05, 3.63) is 83.0 Å². The van der Waals surface area contributed by atoms with Crippen LogP contribution in [0.1, 0.15) is 34.4 Å². The lowest BCUT2D eigenvalue weighted by molar-refractivity contribution is -0.126. The molecule has 6 nitrogen and oxygen atoms in total. The van der Waals surface area contributed by atoms with E-state index in [-0.39, 0.29) is 18.5 Å². The fourth-order valence-corrected chi connectivity index (χ4v) is 3.02. The number of carbonyl (C=O) groups excluding carboxylic acids is 1. The van der Waals surface area contributed by atoms with Crippen molar-refractivity contribution < 1.29 is 9.32 Å². The van der Waals surface area contributed by atoms with Crippen molar-refractivity contribution in [1.82, 2.24) is 20.4 Å². The normalized spacial score (nSPS) is 12.1. The third-order valence-electron chi connectivity index (χ3n) is 4.38. The zero-order valence-corrected chi connectivity index (χ0v) is 15.8. The van der Waals surface area contributed by atoms with Gasteiger partial charge in [0.05, 0.1) is 6.54 Å². The minimum Gasteiger partial charge on any atom is -0.345 e. The van der Waals surface area contributed by atoms with Crippen LogP contribution in [-0.2, 0) is 17.8 Å². The third kappa shape index (κ3) is 4.80. The number of aryl methyl sites for hydroxylation is 1. The number of amides is 1. The Balaban J connectivity index is 1.63. The van der Waals surface area contributed by atoms with Crippen molar-refractivity contribution in [2.45, 2.75) is 25.9 Å². The van der Waals surface area contributed by atoms with Crippen LogP contribution in [0.4, 0.5) is 0 Å². The summed E-state index contributed by atoms with van der Waals surface area (Å²) in [5.74, 6) is 0.905. The Morgan fingerprint density at radius 3 is 2.52 bits per heavy atom. The number of hydrogen-bond donors (Lipinski definition) is 1. The Bertz CT molecular complexity index is 890. The molecule has 0 radical (unpaired) electrons. The molecule has 0 aliphatic rings. The van der Waals surface area contributed by atoms with Crippen molar-refractivity contribution in [1.29, 1.82) is 0 Å². The second-order valence-corrected chi connectivity index (χ2v) is 6.71. The second kappa shape index (κ2) is 8.60. The van der Waals surface area contributed by atoms with Crippen LogP contribution in [0.25, 0.3) is 0 Å². The van der Waals surface area contributed by atoms with Crippen LogP contribution >= 0.6 is 0 Å². The van der Waals surface area contributed by atoms with Gasteiger partial charge in [0.1, 0.15) is 6.04 Å². The van der Waals surface area contributed by atoms with Gasteiger partial charge in [-0.2, -0.15) is 4.98 Å². The van der Waals surface area contributed by atoms with Crippen LogP contribution in [0, 0.1) is 6.92 Å². The number of benzene rings is 2. The van der Waals surface area contributed by atoms with Crippen molar-refractivity contribution in [2.24, 2.45) is 0 Å². The average molecular weight is 364 g/mol. The minimum absolute atomic E-state index is 0.0999. The molecule has 1 heterocycles. The maximum Gasteiger partial charge on any atom is 0.246 e. The summed E-state index contributed by atoms with van der Waals surface area (Å²) < 4.78 is 5.27. The van der Waals surface area contributed by atoms with E-state index in [0.717, 1.165) is 16.7 Å². The average Bonchev–Trinajstić information content (AvgIpc) is 3.10. The Morgan fingerprint density at radius 1 is 1.11 bits per heavy atom. The molecule has 0 saturated carbocycles. The summed E-state index contributed by atoms with van der Waals surface area (Å²) in [7, 11) is 3.78. The molecule has 2 aromatic carbocycles. The third-order valence-corrected chi connectivity index (χ3v) is 4.38. The lowest BCUT2D eigenvalue weighted by Crippen LogP contribution is -2.37. The molecule has 0 aliphatic carbocycles. The van der Waals surface area contributed by atoms with E-state index in [0.29, 0.717) is 18.1 Å². The van der Waals surface area contributed by atoms with Gasteiger partial charge in [0.2, 0.25) is 11.8 Å². The van der Waals surface area contributed by atoms with Gasteiger partial charge in [0.25, 0.3) is 0 Å². The molecule has 27 heavy (non-hydrogen) atoms. The van der Waals surface area contributed by atoms with Crippen LogP contribution in [0.3, 0.4) is 0 Å². The van der Waals surface area contributed by atoms with Gasteiger partial charge in [0, 0.05) is 6.42 Å². The van der Waals surface area contributed by atoms with Gasteiger partial charge in [-0.15, -0.1) is 0 Å². The van der Waals surface area contributed by atoms with Crippen LogP contribution in [-0.4, -0.2) is 35.0 Å². The number of aromatic nitrogens is 2. The molecule has 1 aromatic heterocycles. The largest absolute Gasteiger partial charge is 0.345 e. The highest BCUT2D eigenvalue weighted by molar-refractivity contribution is 5.83. The van der Waals surface area contributed by atoms with E-state index in [2.05, 4.69) is 15.5 Å². The second-order valence-electron chi connectivity index (χ2n) is 6.71. The molecule has 1 atom stereocenters. The van der Waals surface area contributed by atoms with Crippen molar-refractivity contribution >= 4 is 5.91 Å². The van der Waals surface area contributed by atoms with E-state index in [1.165, 1.54) is 0 Å². The summed E-state index contributed by atoms with van der Waals surface area (Å²) >= 11 is 0. The molecule has 1 amide bonds. The smallest absolute Gasteiger partial charge is 0.246 e. The van der Waals surface area contributed by atoms with Crippen molar-refractivity contribution in [3.63, 3.8) is 0 Å². The molecule has 0 fully saturated rings. The number of carbonyl (C=O) groups is 1. The predicted molar refractivity (Wildman–Crippen MR) is 103 cm³/mol. The molecule has 0 unspecified atom stereocenters. The van der Waals surface area contributed by atoms with E-state index in [1.807, 2.05) is 80.5 Å². The molecule has 1 N–H and O–H groups in total. The lowest BCUT2D eigenvalue weighted by atomic mass is 10.00. The van der Waals surface area contributed by atoms with Gasteiger partial charge >= 0.3 is 0 Å². The standard InChI is InChI=1S/C21H24N4O2/c1-15-9-7-8-12-17(15)20(25(2)3)21(26)22-14-19-23-18(24-27-19)13-16-10-5-4-6-11-16/h4-12,20H,13-14H2,1-3H3,(H,22,26)/t20-/m1/s1. The fraction of sp³-hybridized carbons (Fsp3) is 0.286. The molecule has 3 aromatic rings. The lowest BCUT2D eigenvalue weighted by Gasteiger charge is -2.25. The first-order chi connectivity index (χ1) is 13.0. The zero-order valence-electron chi connectivity index (χ0n) is 15.8. The maximum absolute atomic E-state index is 12.8. The topological polar surface area (TPSA) is 71.3 Å². The molecular weight excluding hydrogens is 340 g/mol. The van der Waals surface area contributed by atoms with Crippen LogP contribution in [0.15, 0.2) is 59.1 Å². The molecule has 140 valence electrons. The van der Waals surface area contributed by atoms with Crippen LogP contribution in [0.2, 0.25) is 0 Å². The first-order valence-corrected chi connectivity index (χ1v) is 8.89. The van der Waals surface area contributed by atoms with Gasteiger partial charge in [0.15, 0.2) is 5.82 Å². The Kier molecular flexibility index (Phi) is 5.98. The molecule has 0 aliphatic heterocycles. The number of nitrogens with one attached hydrogen (secondary N) is 1. The highest BCUT2D eigenvalue weighted by Gasteiger charge is 2.24. The summed E-state index contributed by atoms with van der Waals surface area (Å²) in [5, 5.41) is 6.90. The maximum atomic E-state index is 12.8. The SMILES string of the molecule is Cc1ccccc1[C@H](C(=O)NCc1nc(Cc2ccccc2)no1)N(C)C. The summed E-state index contributed by atoms with van der Waals surface area (Å²) in [6, 6.07) is 17.5. The number of rotatable bonds is 7. The molecular formula is C21H24N4O2. The molecule has 0 spiro atoms. The first-order valence-electron chi connectivity index (χ1n) is 8.89. The van der Waals surface area contributed by atoms with Crippen molar-refractivity contribution in [3.8, 4) is 0 Å². The van der Waals surface area contributed by atoms with E-state index >= 15 is 0 Å². The minimum atomic E-state index is -0.377. The molecule has 3 rings (SSSR count). The van der Waals surface area contributed by atoms with Gasteiger partial charge in [-0.25, -0.2) is 0 Å². The highest BCUT2D eigenvalue weighted by Crippen LogP contribution is 2.22. The van der Waals surface area contributed by atoms with Crippen LogP contribution < -0.4 is 5.32 Å². The first kappa shape index (κ1) is 18.8. The van der Waals surface area contributed by atoms with Crippen LogP contribution in [0.5, 0.6) is 0 Å². The summed E-state index contributed by atoms with van der Waals surface area (Å²) in [5.41, 5.74) is 3.17. The zero-order chi connectivity index (χ0) is 19.2. The Hall–Kier alpha value is -2.99. The number of likely N-dealkylation sites (N-methyl/N-ethyl adjacent to an activating group) is 1. The fourth-order valence-electron chi connectivity index (χ4n) is 3.02. The molecule has 6 heteroatoms.